The van der Waals surface area contributed by atoms with Crippen molar-refractivity contribution in [2.45, 2.75) is 37.8 Å². The number of nitrogens with zero attached hydrogens (tertiary/aromatic N) is 3. The molecule has 2 unspecified atom stereocenters. The van der Waals surface area contributed by atoms with E-state index in [0.717, 1.165) is 38.8 Å². The fraction of sp³-hybridized carbons (Fsp3) is 0.619. The summed E-state index contributed by atoms with van der Waals surface area (Å²) in [5.74, 6) is 0.353. The average Bonchev–Trinajstić information content (AvgIpc) is 3.24. The second kappa shape index (κ2) is 12.3. The molecule has 0 aromatic heterocycles. The Morgan fingerprint density at radius 2 is 2.10 bits per heavy atom. The third kappa shape index (κ3) is 7.26. The van der Waals surface area contributed by atoms with Crippen LogP contribution in [0.4, 0.5) is 10.1 Å². The molecule has 2 saturated heterocycles. The molecule has 1 amide bonds. The van der Waals surface area contributed by atoms with Gasteiger partial charge in [0.1, 0.15) is 12.4 Å². The zero-order valence-electron chi connectivity index (χ0n) is 17.8. The van der Waals surface area contributed by atoms with Gasteiger partial charge < -0.3 is 25.2 Å². The summed E-state index contributed by atoms with van der Waals surface area (Å²) in [4.78, 5) is 20.0. The molecule has 2 aliphatic heterocycles. The number of guanidine groups is 1. The van der Waals surface area contributed by atoms with Crippen LogP contribution in [-0.4, -0.2) is 75.8 Å². The first-order valence-electron chi connectivity index (χ1n) is 10.4. The third-order valence-corrected chi connectivity index (χ3v) is 5.35. The van der Waals surface area contributed by atoms with Gasteiger partial charge in [-0.15, -0.1) is 24.0 Å². The van der Waals surface area contributed by atoms with E-state index >= 15 is 0 Å². The number of benzene rings is 1. The number of anilines is 1. The molecule has 0 saturated carbocycles. The van der Waals surface area contributed by atoms with E-state index in [1.807, 2.05) is 12.1 Å². The lowest BCUT2D eigenvalue weighted by atomic mass is 10.0. The number of amides is 1. The fourth-order valence-electron chi connectivity index (χ4n) is 3.67. The SMILES string of the molecule is CN(C)C(=O)CN=C(NCC1CCCO1)NC1CCCN(c2ccccc2F)C1.I. The first-order valence-corrected chi connectivity index (χ1v) is 10.4. The summed E-state index contributed by atoms with van der Waals surface area (Å²) in [5.41, 5.74) is 0.632. The van der Waals surface area contributed by atoms with Gasteiger partial charge in [-0.25, -0.2) is 9.38 Å². The number of hydrogen-bond acceptors (Lipinski definition) is 4. The Balaban J connectivity index is 0.00000320. The lowest BCUT2D eigenvalue weighted by Gasteiger charge is -2.35. The number of hydrogen-bond donors (Lipinski definition) is 2. The van der Waals surface area contributed by atoms with Crippen LogP contribution < -0.4 is 15.5 Å². The van der Waals surface area contributed by atoms with E-state index in [0.29, 0.717) is 24.7 Å². The molecule has 0 spiro atoms. The highest BCUT2D eigenvalue weighted by Gasteiger charge is 2.23. The number of carbonyl (C=O) groups is 1. The second-order valence-corrected chi connectivity index (χ2v) is 7.85. The zero-order valence-corrected chi connectivity index (χ0v) is 20.1. The molecule has 2 atom stereocenters. The molecular weight excluding hydrogens is 500 g/mol. The molecule has 2 aliphatic rings. The van der Waals surface area contributed by atoms with Crippen LogP contribution in [0.15, 0.2) is 29.3 Å². The summed E-state index contributed by atoms with van der Waals surface area (Å²) < 4.78 is 19.9. The van der Waals surface area contributed by atoms with Gasteiger partial charge in [0, 0.05) is 46.4 Å². The van der Waals surface area contributed by atoms with E-state index < -0.39 is 0 Å². The number of para-hydroxylation sites is 1. The minimum atomic E-state index is -0.199. The molecule has 30 heavy (non-hydrogen) atoms. The molecule has 1 aromatic rings. The molecule has 3 rings (SSSR count). The van der Waals surface area contributed by atoms with Gasteiger partial charge in [0.25, 0.3) is 0 Å². The Morgan fingerprint density at radius 1 is 1.30 bits per heavy atom. The minimum absolute atomic E-state index is 0. The van der Waals surface area contributed by atoms with Gasteiger partial charge in [0.2, 0.25) is 5.91 Å². The highest BCUT2D eigenvalue weighted by molar-refractivity contribution is 14.0. The van der Waals surface area contributed by atoms with Gasteiger partial charge in [0.15, 0.2) is 5.96 Å². The first-order chi connectivity index (χ1) is 14.0. The summed E-state index contributed by atoms with van der Waals surface area (Å²) in [7, 11) is 3.44. The Labute approximate surface area is 195 Å². The quantitative estimate of drug-likeness (QED) is 0.334. The van der Waals surface area contributed by atoms with E-state index in [4.69, 9.17) is 4.74 Å². The number of rotatable bonds is 6. The predicted molar refractivity (Wildman–Crippen MR) is 128 cm³/mol. The van der Waals surface area contributed by atoms with Crippen molar-refractivity contribution in [3.05, 3.63) is 30.1 Å². The first kappa shape index (κ1) is 24.6. The van der Waals surface area contributed by atoms with Crippen LogP contribution >= 0.6 is 24.0 Å². The van der Waals surface area contributed by atoms with Gasteiger partial charge in [-0.05, 0) is 37.8 Å². The van der Waals surface area contributed by atoms with Crippen LogP contribution in [0.3, 0.4) is 0 Å². The summed E-state index contributed by atoms with van der Waals surface area (Å²) in [6.45, 7) is 3.05. The molecule has 0 aliphatic carbocycles. The van der Waals surface area contributed by atoms with Crippen LogP contribution in [-0.2, 0) is 9.53 Å². The molecule has 9 heteroatoms. The summed E-state index contributed by atoms with van der Waals surface area (Å²) in [6.07, 6.45) is 4.20. The van der Waals surface area contributed by atoms with Crippen LogP contribution in [0.2, 0.25) is 0 Å². The van der Waals surface area contributed by atoms with Crippen LogP contribution in [0, 0.1) is 5.82 Å². The minimum Gasteiger partial charge on any atom is -0.376 e. The normalized spacial score (nSPS) is 21.7. The maximum absolute atomic E-state index is 14.2. The molecule has 168 valence electrons. The maximum atomic E-state index is 14.2. The fourth-order valence-corrected chi connectivity index (χ4v) is 3.67. The van der Waals surface area contributed by atoms with E-state index in [1.54, 1.807) is 20.2 Å². The molecule has 7 nitrogen and oxygen atoms in total. The van der Waals surface area contributed by atoms with Crippen LogP contribution in [0.1, 0.15) is 25.7 Å². The van der Waals surface area contributed by atoms with E-state index in [2.05, 4.69) is 20.5 Å². The molecule has 2 fully saturated rings. The smallest absolute Gasteiger partial charge is 0.243 e. The van der Waals surface area contributed by atoms with Crippen molar-refractivity contribution in [2.75, 3.05) is 51.8 Å². The van der Waals surface area contributed by atoms with Crippen molar-refractivity contribution in [2.24, 2.45) is 4.99 Å². The Bertz CT molecular complexity index is 712. The van der Waals surface area contributed by atoms with Crippen molar-refractivity contribution in [1.29, 1.82) is 0 Å². The monoisotopic (exact) mass is 533 g/mol. The predicted octanol–water partition coefficient (Wildman–Crippen LogP) is 2.21. The van der Waals surface area contributed by atoms with Crippen molar-refractivity contribution < 1.29 is 13.9 Å². The van der Waals surface area contributed by atoms with Gasteiger partial charge in [-0.2, -0.15) is 0 Å². The van der Waals surface area contributed by atoms with Crippen LogP contribution in [0.25, 0.3) is 0 Å². The average molecular weight is 533 g/mol. The van der Waals surface area contributed by atoms with Crippen molar-refractivity contribution in [1.82, 2.24) is 15.5 Å². The molecule has 0 bridgehead atoms. The van der Waals surface area contributed by atoms with E-state index in [1.165, 1.54) is 11.0 Å². The lowest BCUT2D eigenvalue weighted by molar-refractivity contribution is -0.127. The van der Waals surface area contributed by atoms with E-state index in [9.17, 15) is 9.18 Å². The highest BCUT2D eigenvalue weighted by Crippen LogP contribution is 2.22. The number of halogens is 2. The number of piperidine rings is 1. The third-order valence-electron chi connectivity index (χ3n) is 5.35. The Kier molecular flexibility index (Phi) is 10.1. The molecule has 2 heterocycles. The number of aliphatic imine (C=N–C) groups is 1. The molecule has 0 radical (unpaired) electrons. The van der Waals surface area contributed by atoms with Gasteiger partial charge >= 0.3 is 0 Å². The second-order valence-electron chi connectivity index (χ2n) is 7.85. The summed E-state index contributed by atoms with van der Waals surface area (Å²) >= 11 is 0. The standard InChI is InChI=1S/C21H32FN5O2.HI/c1-26(2)20(28)14-24-21(23-13-17-8-6-12-29-17)25-16-7-5-11-27(15-16)19-10-4-3-9-18(19)22;/h3-4,9-10,16-17H,5-8,11-15H2,1-2H3,(H2,23,24,25);1H. The van der Waals surface area contributed by atoms with Gasteiger partial charge in [-0.1, -0.05) is 12.1 Å². The lowest BCUT2D eigenvalue weighted by Crippen LogP contribution is -2.52. The topological polar surface area (TPSA) is 69.2 Å². The van der Waals surface area contributed by atoms with Gasteiger partial charge in [0.05, 0.1) is 11.8 Å². The number of nitrogens with one attached hydrogen (secondary N) is 2. The number of likely N-dealkylation sites (N-methyl/N-ethyl adjacent to an activating group) is 1. The maximum Gasteiger partial charge on any atom is 0.243 e. The number of ether oxygens (including phenoxy) is 1. The zero-order chi connectivity index (χ0) is 20.6. The van der Waals surface area contributed by atoms with Crippen molar-refractivity contribution >= 4 is 41.5 Å². The van der Waals surface area contributed by atoms with E-state index in [-0.39, 0.29) is 54.4 Å². The molecule has 2 N–H and O–H groups in total. The highest BCUT2D eigenvalue weighted by atomic mass is 127. The summed E-state index contributed by atoms with van der Waals surface area (Å²) in [6, 6.07) is 7.00. The molecular formula is C21H33FIN5O2. The van der Waals surface area contributed by atoms with Gasteiger partial charge in [-0.3, -0.25) is 4.79 Å². The van der Waals surface area contributed by atoms with Crippen LogP contribution in [0.5, 0.6) is 0 Å². The summed E-state index contributed by atoms with van der Waals surface area (Å²) in [5, 5.41) is 6.76. The van der Waals surface area contributed by atoms with Crippen molar-refractivity contribution in [3.63, 3.8) is 0 Å². The Hall–Kier alpha value is -1.62. The Morgan fingerprint density at radius 3 is 2.80 bits per heavy atom. The largest absolute Gasteiger partial charge is 0.376 e. The molecule has 1 aromatic carbocycles. The van der Waals surface area contributed by atoms with Crippen molar-refractivity contribution in [3.8, 4) is 0 Å². The number of carbonyl (C=O) groups excluding carboxylic acids is 1.